The average molecular weight is 267 g/mol. The van der Waals surface area contributed by atoms with Crippen LogP contribution in [-0.2, 0) is 16.1 Å². The van der Waals surface area contributed by atoms with Gasteiger partial charge in [0.1, 0.15) is 0 Å². The van der Waals surface area contributed by atoms with E-state index in [4.69, 9.17) is 11.6 Å². The van der Waals surface area contributed by atoms with Crippen molar-refractivity contribution in [1.82, 2.24) is 10.3 Å². The van der Waals surface area contributed by atoms with Gasteiger partial charge in [0.05, 0.1) is 13.5 Å². The van der Waals surface area contributed by atoms with E-state index in [9.17, 15) is 4.79 Å². The Morgan fingerprint density at radius 2 is 2.33 bits per heavy atom. The Labute approximate surface area is 110 Å². The molecule has 0 aliphatic rings. The predicted molar refractivity (Wildman–Crippen MR) is 71.6 cm³/mol. The summed E-state index contributed by atoms with van der Waals surface area (Å²) >= 11 is 5.92. The monoisotopic (exact) mass is 266 g/mol. The SMILES string of the molecule is COC(=O)CCNCc1c[nH]c2cc(Cl)ccc12. The van der Waals surface area contributed by atoms with Crippen molar-refractivity contribution < 1.29 is 9.53 Å². The highest BCUT2D eigenvalue weighted by atomic mass is 35.5. The average Bonchev–Trinajstić information content (AvgIpc) is 2.76. The van der Waals surface area contributed by atoms with Crippen molar-refractivity contribution in [2.24, 2.45) is 0 Å². The molecule has 0 amide bonds. The van der Waals surface area contributed by atoms with Crippen molar-refractivity contribution >= 4 is 28.5 Å². The van der Waals surface area contributed by atoms with Gasteiger partial charge in [-0.2, -0.15) is 0 Å². The van der Waals surface area contributed by atoms with E-state index in [0.29, 0.717) is 19.5 Å². The second kappa shape index (κ2) is 5.89. The summed E-state index contributed by atoms with van der Waals surface area (Å²) < 4.78 is 4.57. The highest BCUT2D eigenvalue weighted by Crippen LogP contribution is 2.21. The van der Waals surface area contributed by atoms with Gasteiger partial charge in [0, 0.05) is 35.2 Å². The molecule has 0 bridgehead atoms. The molecule has 0 aliphatic carbocycles. The summed E-state index contributed by atoms with van der Waals surface area (Å²) in [6.45, 7) is 1.31. The lowest BCUT2D eigenvalue weighted by molar-refractivity contribution is -0.140. The fourth-order valence-corrected chi connectivity index (χ4v) is 1.99. The summed E-state index contributed by atoms with van der Waals surface area (Å²) in [5, 5.41) is 5.07. The van der Waals surface area contributed by atoms with Crippen LogP contribution in [0.3, 0.4) is 0 Å². The van der Waals surface area contributed by atoms with Crippen molar-refractivity contribution in [3.63, 3.8) is 0 Å². The molecule has 0 radical (unpaired) electrons. The van der Waals surface area contributed by atoms with Gasteiger partial charge in [-0.25, -0.2) is 0 Å². The number of aromatic amines is 1. The van der Waals surface area contributed by atoms with Crippen LogP contribution in [-0.4, -0.2) is 24.6 Å². The first-order valence-corrected chi connectivity index (χ1v) is 6.11. The van der Waals surface area contributed by atoms with Crippen LogP contribution >= 0.6 is 11.6 Å². The molecule has 0 atom stereocenters. The quantitative estimate of drug-likeness (QED) is 0.646. The molecule has 0 aliphatic heterocycles. The van der Waals surface area contributed by atoms with Crippen LogP contribution in [0.1, 0.15) is 12.0 Å². The molecule has 1 aromatic heterocycles. The number of nitrogens with one attached hydrogen (secondary N) is 2. The summed E-state index contributed by atoms with van der Waals surface area (Å²) in [5.74, 6) is -0.201. The molecule has 5 heteroatoms. The number of benzene rings is 1. The lowest BCUT2D eigenvalue weighted by Crippen LogP contribution is -2.18. The van der Waals surface area contributed by atoms with Crippen molar-refractivity contribution in [1.29, 1.82) is 0 Å². The molecule has 0 spiro atoms. The Morgan fingerprint density at radius 1 is 1.50 bits per heavy atom. The van der Waals surface area contributed by atoms with Gasteiger partial charge in [-0.3, -0.25) is 4.79 Å². The van der Waals surface area contributed by atoms with E-state index in [2.05, 4.69) is 15.0 Å². The third-order valence-corrected chi connectivity index (χ3v) is 3.01. The van der Waals surface area contributed by atoms with E-state index >= 15 is 0 Å². The van der Waals surface area contributed by atoms with Crippen molar-refractivity contribution in [3.05, 3.63) is 35.0 Å². The molecule has 2 N–H and O–H groups in total. The van der Waals surface area contributed by atoms with Gasteiger partial charge in [0.2, 0.25) is 0 Å². The highest BCUT2D eigenvalue weighted by Gasteiger charge is 2.04. The zero-order valence-electron chi connectivity index (χ0n) is 10.1. The molecule has 1 heterocycles. The maximum atomic E-state index is 10.9. The zero-order valence-corrected chi connectivity index (χ0v) is 10.9. The number of hydrogen-bond acceptors (Lipinski definition) is 3. The topological polar surface area (TPSA) is 54.1 Å². The minimum absolute atomic E-state index is 0.201. The maximum absolute atomic E-state index is 10.9. The molecule has 2 aromatic rings. The molecular weight excluding hydrogens is 252 g/mol. The van der Waals surface area contributed by atoms with E-state index in [-0.39, 0.29) is 5.97 Å². The van der Waals surface area contributed by atoms with E-state index in [1.54, 1.807) is 0 Å². The number of halogens is 1. The summed E-state index contributed by atoms with van der Waals surface area (Å²) in [6.07, 6.45) is 2.33. The fraction of sp³-hybridized carbons (Fsp3) is 0.308. The third kappa shape index (κ3) is 3.03. The number of aromatic nitrogens is 1. The van der Waals surface area contributed by atoms with E-state index in [1.807, 2.05) is 24.4 Å². The predicted octanol–water partition coefficient (Wildman–Crippen LogP) is 2.47. The van der Waals surface area contributed by atoms with E-state index in [1.165, 1.54) is 7.11 Å². The van der Waals surface area contributed by atoms with Crippen LogP contribution in [0.25, 0.3) is 10.9 Å². The Bertz CT molecular complexity index is 551. The number of ether oxygens (including phenoxy) is 1. The first kappa shape index (κ1) is 12.9. The second-order valence-corrected chi connectivity index (χ2v) is 4.44. The Balaban J connectivity index is 1.94. The lowest BCUT2D eigenvalue weighted by Gasteiger charge is -2.03. The molecule has 2 rings (SSSR count). The van der Waals surface area contributed by atoms with Crippen molar-refractivity contribution in [2.45, 2.75) is 13.0 Å². The van der Waals surface area contributed by atoms with Crippen LogP contribution in [0.2, 0.25) is 5.02 Å². The van der Waals surface area contributed by atoms with Gasteiger partial charge >= 0.3 is 5.97 Å². The van der Waals surface area contributed by atoms with Crippen LogP contribution in [0.15, 0.2) is 24.4 Å². The number of H-pyrrole nitrogens is 1. The summed E-state index contributed by atoms with van der Waals surface area (Å²) in [4.78, 5) is 14.1. The highest BCUT2D eigenvalue weighted by molar-refractivity contribution is 6.31. The number of hydrogen-bond donors (Lipinski definition) is 2. The van der Waals surface area contributed by atoms with Gasteiger partial charge in [0.15, 0.2) is 0 Å². The van der Waals surface area contributed by atoms with Gasteiger partial charge in [-0.05, 0) is 17.7 Å². The number of methoxy groups -OCH3 is 1. The van der Waals surface area contributed by atoms with Crippen molar-refractivity contribution in [3.8, 4) is 0 Å². The smallest absolute Gasteiger partial charge is 0.306 e. The molecule has 96 valence electrons. The first-order chi connectivity index (χ1) is 8.70. The normalized spacial score (nSPS) is 10.8. The molecule has 18 heavy (non-hydrogen) atoms. The standard InChI is InChI=1S/C13H15ClN2O2/c1-18-13(17)4-5-15-7-9-8-16-12-6-10(14)2-3-11(9)12/h2-3,6,8,15-16H,4-5,7H2,1H3. The molecule has 0 saturated carbocycles. The number of fused-ring (bicyclic) bond motifs is 1. The lowest BCUT2D eigenvalue weighted by atomic mass is 10.2. The molecule has 4 nitrogen and oxygen atoms in total. The number of carbonyl (C=O) groups is 1. The first-order valence-electron chi connectivity index (χ1n) is 5.74. The Morgan fingerprint density at radius 3 is 3.11 bits per heavy atom. The van der Waals surface area contributed by atoms with Gasteiger partial charge < -0.3 is 15.0 Å². The number of esters is 1. The largest absolute Gasteiger partial charge is 0.469 e. The fourth-order valence-electron chi connectivity index (χ4n) is 1.82. The summed E-state index contributed by atoms with van der Waals surface area (Å²) in [5.41, 5.74) is 2.18. The second-order valence-electron chi connectivity index (χ2n) is 4.01. The molecule has 0 fully saturated rings. The van der Waals surface area contributed by atoms with Crippen LogP contribution in [0.5, 0.6) is 0 Å². The molecule has 0 saturated heterocycles. The van der Waals surface area contributed by atoms with Gasteiger partial charge in [-0.15, -0.1) is 0 Å². The zero-order chi connectivity index (χ0) is 13.0. The molecule has 0 unspecified atom stereocenters. The van der Waals surface area contributed by atoms with Gasteiger partial charge in [-0.1, -0.05) is 17.7 Å². The number of rotatable bonds is 5. The minimum Gasteiger partial charge on any atom is -0.469 e. The maximum Gasteiger partial charge on any atom is 0.306 e. The van der Waals surface area contributed by atoms with E-state index < -0.39 is 0 Å². The van der Waals surface area contributed by atoms with Crippen LogP contribution < -0.4 is 5.32 Å². The van der Waals surface area contributed by atoms with Crippen LogP contribution in [0, 0.1) is 0 Å². The van der Waals surface area contributed by atoms with E-state index in [0.717, 1.165) is 21.5 Å². The molecular formula is C13H15ClN2O2. The number of carbonyl (C=O) groups excluding carboxylic acids is 1. The van der Waals surface area contributed by atoms with Crippen LogP contribution in [0.4, 0.5) is 0 Å². The third-order valence-electron chi connectivity index (χ3n) is 2.78. The summed E-state index contributed by atoms with van der Waals surface area (Å²) in [6, 6.07) is 5.76. The Kier molecular flexibility index (Phi) is 4.23. The Hall–Kier alpha value is -1.52. The summed E-state index contributed by atoms with van der Waals surface area (Å²) in [7, 11) is 1.39. The van der Waals surface area contributed by atoms with Crippen molar-refractivity contribution in [2.75, 3.05) is 13.7 Å². The van der Waals surface area contributed by atoms with Gasteiger partial charge in [0.25, 0.3) is 0 Å². The minimum atomic E-state index is -0.201. The molecule has 1 aromatic carbocycles.